The number of aromatic nitrogens is 1. The number of hydrogen-bond donors (Lipinski definition) is 2. The van der Waals surface area contributed by atoms with Gasteiger partial charge in [0.05, 0.1) is 5.75 Å². The summed E-state index contributed by atoms with van der Waals surface area (Å²) in [7, 11) is -3.47. The molecule has 19 heavy (non-hydrogen) atoms. The third-order valence-electron chi connectivity index (χ3n) is 3.40. The molecule has 0 radical (unpaired) electrons. The maximum Gasteiger partial charge on any atom is 0.248 e. The van der Waals surface area contributed by atoms with Crippen molar-refractivity contribution in [2.24, 2.45) is 5.14 Å². The zero-order valence-electron chi connectivity index (χ0n) is 10.7. The fraction of sp³-hybridized carbons (Fsp3) is 0.583. The second-order valence-corrected chi connectivity index (χ2v) is 6.67. The maximum atomic E-state index is 11.3. The van der Waals surface area contributed by atoms with Crippen LogP contribution >= 0.6 is 0 Å². The number of aromatic amines is 1. The van der Waals surface area contributed by atoms with Crippen LogP contribution < -0.4 is 10.7 Å². The Morgan fingerprint density at radius 3 is 2.89 bits per heavy atom. The van der Waals surface area contributed by atoms with Gasteiger partial charge in [-0.2, -0.15) is 0 Å². The average molecular weight is 285 g/mol. The number of primary sulfonamides is 1. The number of nitrogens with zero attached hydrogens (tertiary/aromatic N) is 1. The molecule has 1 unspecified atom stereocenters. The zero-order chi connectivity index (χ0) is 13.9. The Morgan fingerprint density at radius 1 is 1.42 bits per heavy atom. The number of likely N-dealkylation sites (tertiary alicyclic amines) is 1. The van der Waals surface area contributed by atoms with E-state index >= 15 is 0 Å². The lowest BCUT2D eigenvalue weighted by molar-refractivity contribution is 0.154. The topological polar surface area (TPSA) is 96.3 Å². The SMILES string of the molecule is NS(=O)(=O)CC1CCCCN1Cc1cc[nH]c(=O)c1. The number of nitrogens with one attached hydrogen (secondary N) is 1. The molecular formula is C12H19N3O3S. The van der Waals surface area contributed by atoms with Crippen molar-refractivity contribution in [1.82, 2.24) is 9.88 Å². The van der Waals surface area contributed by atoms with Crippen molar-refractivity contribution in [2.45, 2.75) is 31.8 Å². The molecule has 1 aliphatic rings. The van der Waals surface area contributed by atoms with Crippen molar-refractivity contribution in [3.63, 3.8) is 0 Å². The molecule has 6 nitrogen and oxygen atoms in total. The van der Waals surface area contributed by atoms with Gasteiger partial charge in [-0.3, -0.25) is 9.69 Å². The van der Waals surface area contributed by atoms with Crippen LogP contribution in [0.2, 0.25) is 0 Å². The summed E-state index contributed by atoms with van der Waals surface area (Å²) in [5, 5.41) is 5.14. The fourth-order valence-electron chi connectivity index (χ4n) is 2.55. The minimum Gasteiger partial charge on any atom is -0.329 e. The monoisotopic (exact) mass is 285 g/mol. The Morgan fingerprint density at radius 2 is 2.21 bits per heavy atom. The number of rotatable bonds is 4. The van der Waals surface area contributed by atoms with Gasteiger partial charge < -0.3 is 4.98 Å². The van der Waals surface area contributed by atoms with Crippen LogP contribution in [0.1, 0.15) is 24.8 Å². The lowest BCUT2D eigenvalue weighted by atomic mass is 10.0. The molecule has 0 spiro atoms. The minimum absolute atomic E-state index is 0.0177. The van der Waals surface area contributed by atoms with E-state index in [1.165, 1.54) is 0 Å². The van der Waals surface area contributed by atoms with Gasteiger partial charge in [0, 0.05) is 24.8 Å². The number of pyridine rings is 1. The van der Waals surface area contributed by atoms with Gasteiger partial charge in [-0.15, -0.1) is 0 Å². The highest BCUT2D eigenvalue weighted by Gasteiger charge is 2.25. The van der Waals surface area contributed by atoms with E-state index in [2.05, 4.69) is 9.88 Å². The van der Waals surface area contributed by atoms with Crippen molar-refractivity contribution in [3.8, 4) is 0 Å². The van der Waals surface area contributed by atoms with E-state index in [-0.39, 0.29) is 17.4 Å². The number of H-pyrrole nitrogens is 1. The molecular weight excluding hydrogens is 266 g/mol. The highest BCUT2D eigenvalue weighted by Crippen LogP contribution is 2.20. The normalized spacial score (nSPS) is 21.4. The molecule has 2 heterocycles. The smallest absolute Gasteiger partial charge is 0.248 e. The summed E-state index contributed by atoms with van der Waals surface area (Å²) in [5.74, 6) is -0.0177. The number of sulfonamides is 1. The van der Waals surface area contributed by atoms with Gasteiger partial charge in [0.25, 0.3) is 0 Å². The van der Waals surface area contributed by atoms with E-state index in [1.807, 2.05) is 6.07 Å². The highest BCUT2D eigenvalue weighted by molar-refractivity contribution is 7.89. The van der Waals surface area contributed by atoms with Crippen LogP contribution in [0.5, 0.6) is 0 Å². The molecule has 3 N–H and O–H groups in total. The van der Waals surface area contributed by atoms with Crippen molar-refractivity contribution < 1.29 is 8.42 Å². The molecule has 1 atom stereocenters. The number of nitrogens with two attached hydrogens (primary N) is 1. The van der Waals surface area contributed by atoms with E-state index < -0.39 is 10.0 Å². The molecule has 0 bridgehead atoms. The number of piperidine rings is 1. The van der Waals surface area contributed by atoms with Gasteiger partial charge in [-0.25, -0.2) is 13.6 Å². The summed E-state index contributed by atoms with van der Waals surface area (Å²) in [6, 6.07) is 3.33. The summed E-state index contributed by atoms with van der Waals surface area (Å²) in [6.45, 7) is 1.43. The van der Waals surface area contributed by atoms with Gasteiger partial charge in [0.1, 0.15) is 0 Å². The van der Waals surface area contributed by atoms with E-state index in [0.29, 0.717) is 6.54 Å². The van der Waals surface area contributed by atoms with E-state index in [9.17, 15) is 13.2 Å². The summed E-state index contributed by atoms with van der Waals surface area (Å²) in [6.07, 6.45) is 4.51. The maximum absolute atomic E-state index is 11.3. The standard InChI is InChI=1S/C12H19N3O3S/c13-19(17,18)9-11-3-1-2-6-15(11)8-10-4-5-14-12(16)7-10/h4-5,7,11H,1-3,6,8-9H2,(H,14,16)(H2,13,17,18). The van der Waals surface area contributed by atoms with Crippen molar-refractivity contribution >= 4 is 10.0 Å². The molecule has 0 saturated carbocycles. The molecule has 1 aromatic rings. The van der Waals surface area contributed by atoms with Crippen LogP contribution in [0.4, 0.5) is 0 Å². The van der Waals surface area contributed by atoms with Gasteiger partial charge >= 0.3 is 0 Å². The lowest BCUT2D eigenvalue weighted by Crippen LogP contribution is -2.44. The van der Waals surface area contributed by atoms with Gasteiger partial charge in [0.15, 0.2) is 0 Å². The fourth-order valence-corrected chi connectivity index (χ4v) is 3.46. The summed E-state index contributed by atoms with van der Waals surface area (Å²) in [5.41, 5.74) is 0.752. The predicted octanol–water partition coefficient (Wildman–Crippen LogP) is 0.0179. The van der Waals surface area contributed by atoms with Crippen LogP contribution in [0.3, 0.4) is 0 Å². The van der Waals surface area contributed by atoms with Crippen LogP contribution in [0, 0.1) is 0 Å². The first kappa shape index (κ1) is 14.2. The highest BCUT2D eigenvalue weighted by atomic mass is 32.2. The largest absolute Gasteiger partial charge is 0.329 e. The third-order valence-corrected chi connectivity index (χ3v) is 4.25. The Balaban J connectivity index is 2.09. The van der Waals surface area contributed by atoms with Crippen molar-refractivity contribution in [1.29, 1.82) is 0 Å². The summed E-state index contributed by atoms with van der Waals surface area (Å²) in [4.78, 5) is 15.9. The Bertz CT molecular complexity index is 582. The quantitative estimate of drug-likeness (QED) is 0.815. The molecule has 1 fully saturated rings. The molecule has 0 aliphatic carbocycles. The third kappa shape index (κ3) is 4.45. The van der Waals surface area contributed by atoms with Gasteiger partial charge in [-0.05, 0) is 31.0 Å². The number of hydrogen-bond acceptors (Lipinski definition) is 4. The van der Waals surface area contributed by atoms with Crippen LogP contribution in [-0.2, 0) is 16.6 Å². The Labute approximate surface area is 112 Å². The average Bonchev–Trinajstić information content (AvgIpc) is 2.30. The molecule has 106 valence electrons. The van der Waals surface area contributed by atoms with Crippen LogP contribution in [0.25, 0.3) is 0 Å². The first-order valence-electron chi connectivity index (χ1n) is 6.36. The van der Waals surface area contributed by atoms with Crippen LogP contribution in [-0.4, -0.2) is 36.6 Å². The predicted molar refractivity (Wildman–Crippen MR) is 73.1 cm³/mol. The molecule has 0 aromatic carbocycles. The van der Waals surface area contributed by atoms with Crippen LogP contribution in [0.15, 0.2) is 23.1 Å². The van der Waals surface area contributed by atoms with E-state index in [0.717, 1.165) is 31.4 Å². The minimum atomic E-state index is -3.47. The first-order valence-corrected chi connectivity index (χ1v) is 8.08. The Kier molecular flexibility index (Phi) is 4.38. The van der Waals surface area contributed by atoms with Gasteiger partial charge in [0.2, 0.25) is 15.6 Å². The first-order chi connectivity index (χ1) is 8.94. The molecule has 2 rings (SSSR count). The van der Waals surface area contributed by atoms with Gasteiger partial charge in [-0.1, -0.05) is 6.42 Å². The molecule has 7 heteroatoms. The molecule has 0 amide bonds. The molecule has 1 aromatic heterocycles. The molecule has 1 aliphatic heterocycles. The van der Waals surface area contributed by atoms with E-state index in [4.69, 9.17) is 5.14 Å². The van der Waals surface area contributed by atoms with Crippen molar-refractivity contribution in [3.05, 3.63) is 34.2 Å². The molecule has 1 saturated heterocycles. The lowest BCUT2D eigenvalue weighted by Gasteiger charge is -2.35. The second-order valence-electron chi connectivity index (χ2n) is 5.01. The summed E-state index contributed by atoms with van der Waals surface area (Å²) >= 11 is 0. The van der Waals surface area contributed by atoms with E-state index in [1.54, 1.807) is 12.3 Å². The van der Waals surface area contributed by atoms with Crippen molar-refractivity contribution in [2.75, 3.05) is 12.3 Å². The zero-order valence-corrected chi connectivity index (χ0v) is 11.5. The second kappa shape index (κ2) is 5.85. The summed E-state index contributed by atoms with van der Waals surface area (Å²) < 4.78 is 22.5. The Hall–Kier alpha value is -1.18.